The van der Waals surface area contributed by atoms with Crippen LogP contribution in [-0.4, -0.2) is 48.4 Å². The van der Waals surface area contributed by atoms with Crippen LogP contribution in [0.1, 0.15) is 22.3 Å². The zero-order chi connectivity index (χ0) is 21.8. The van der Waals surface area contributed by atoms with Crippen LogP contribution in [0.5, 0.6) is 11.5 Å². The number of aliphatic hydroxyl groups excluding tert-OH is 1. The molecule has 2 aromatic carbocycles. The fraction of sp³-hybridized carbons (Fsp3) is 0.304. The Morgan fingerprint density at radius 1 is 0.967 bits per heavy atom. The standard InChI is InChI=1S/C23H25NO5S/c1-14-5-7-17(15(2)11-14)20-21(30-10-9-25)23(27)24(22(20)26)13-16-6-8-18(28-3)19(12-16)29-4/h5-8,11-12,25H,9-10,13H2,1-4H3. The average molecular weight is 428 g/mol. The van der Waals surface area contributed by atoms with E-state index in [0.29, 0.717) is 27.7 Å². The lowest BCUT2D eigenvalue weighted by Crippen LogP contribution is -2.31. The molecule has 1 aliphatic rings. The van der Waals surface area contributed by atoms with Crippen LogP contribution in [0.3, 0.4) is 0 Å². The first-order valence-corrected chi connectivity index (χ1v) is 10.5. The Labute approximate surface area is 180 Å². The third kappa shape index (κ3) is 4.22. The zero-order valence-corrected chi connectivity index (χ0v) is 18.3. The van der Waals surface area contributed by atoms with E-state index >= 15 is 0 Å². The molecule has 0 aliphatic carbocycles. The lowest BCUT2D eigenvalue weighted by Gasteiger charge is -2.17. The van der Waals surface area contributed by atoms with E-state index in [2.05, 4.69) is 0 Å². The molecule has 0 atom stereocenters. The summed E-state index contributed by atoms with van der Waals surface area (Å²) < 4.78 is 10.6. The van der Waals surface area contributed by atoms with E-state index in [4.69, 9.17) is 9.47 Å². The largest absolute Gasteiger partial charge is 0.493 e. The second-order valence-corrected chi connectivity index (χ2v) is 8.09. The summed E-state index contributed by atoms with van der Waals surface area (Å²) in [6.07, 6.45) is 0. The Morgan fingerprint density at radius 2 is 1.70 bits per heavy atom. The Bertz CT molecular complexity index is 1010. The third-order valence-corrected chi connectivity index (χ3v) is 5.96. The summed E-state index contributed by atoms with van der Waals surface area (Å²) in [6, 6.07) is 11.1. The molecule has 0 saturated heterocycles. The minimum Gasteiger partial charge on any atom is -0.493 e. The van der Waals surface area contributed by atoms with Gasteiger partial charge in [0.1, 0.15) is 0 Å². The summed E-state index contributed by atoms with van der Waals surface area (Å²) >= 11 is 1.21. The van der Waals surface area contributed by atoms with Crippen LogP contribution in [0, 0.1) is 13.8 Å². The SMILES string of the molecule is COc1ccc(CN2C(=O)C(SCCO)=C(c3ccc(C)cc3C)C2=O)cc1OC. The van der Waals surface area contributed by atoms with Crippen LogP contribution < -0.4 is 9.47 Å². The molecule has 0 fully saturated rings. The van der Waals surface area contributed by atoms with Crippen molar-refractivity contribution in [2.45, 2.75) is 20.4 Å². The number of aryl methyl sites for hydroxylation is 2. The summed E-state index contributed by atoms with van der Waals surface area (Å²) in [5, 5.41) is 9.26. The number of rotatable bonds is 8. The van der Waals surface area contributed by atoms with Gasteiger partial charge in [-0.1, -0.05) is 29.8 Å². The first-order valence-electron chi connectivity index (χ1n) is 9.54. The van der Waals surface area contributed by atoms with Gasteiger partial charge in [-0.15, -0.1) is 11.8 Å². The molecule has 0 radical (unpaired) electrons. The lowest BCUT2D eigenvalue weighted by molar-refractivity contribution is -0.137. The Hall–Kier alpha value is -2.77. The predicted molar refractivity (Wildman–Crippen MR) is 117 cm³/mol. The van der Waals surface area contributed by atoms with Gasteiger partial charge in [-0.2, -0.15) is 0 Å². The highest BCUT2D eigenvalue weighted by Gasteiger charge is 2.39. The molecule has 0 saturated carbocycles. The normalized spacial score (nSPS) is 14.0. The minimum absolute atomic E-state index is 0.0779. The molecule has 158 valence electrons. The fourth-order valence-electron chi connectivity index (χ4n) is 3.47. The molecular formula is C23H25NO5S. The Balaban J connectivity index is 1.98. The average Bonchev–Trinajstić information content (AvgIpc) is 2.96. The number of amides is 2. The van der Waals surface area contributed by atoms with Gasteiger partial charge in [0.05, 0.1) is 37.8 Å². The van der Waals surface area contributed by atoms with Gasteiger partial charge in [0.15, 0.2) is 11.5 Å². The van der Waals surface area contributed by atoms with E-state index in [0.717, 1.165) is 22.3 Å². The maximum absolute atomic E-state index is 13.3. The molecule has 0 bridgehead atoms. The smallest absolute Gasteiger partial charge is 0.268 e. The molecule has 1 heterocycles. The molecule has 1 N–H and O–H groups in total. The summed E-state index contributed by atoms with van der Waals surface area (Å²) in [7, 11) is 3.09. The molecule has 2 amide bonds. The highest BCUT2D eigenvalue weighted by atomic mass is 32.2. The van der Waals surface area contributed by atoms with E-state index < -0.39 is 0 Å². The van der Waals surface area contributed by atoms with Crippen molar-refractivity contribution in [3.05, 3.63) is 63.6 Å². The molecule has 30 heavy (non-hydrogen) atoms. The van der Waals surface area contributed by atoms with Crippen LogP contribution >= 0.6 is 11.8 Å². The highest BCUT2D eigenvalue weighted by molar-refractivity contribution is 8.04. The van der Waals surface area contributed by atoms with Gasteiger partial charge in [0.2, 0.25) is 0 Å². The van der Waals surface area contributed by atoms with E-state index in [1.807, 2.05) is 32.0 Å². The van der Waals surface area contributed by atoms with Gasteiger partial charge in [-0.05, 0) is 42.7 Å². The number of hydrogen-bond donors (Lipinski definition) is 1. The van der Waals surface area contributed by atoms with Crippen molar-refractivity contribution in [2.75, 3.05) is 26.6 Å². The van der Waals surface area contributed by atoms with Crippen molar-refractivity contribution in [1.82, 2.24) is 4.90 Å². The second kappa shape index (κ2) is 9.36. The highest BCUT2D eigenvalue weighted by Crippen LogP contribution is 2.38. The minimum atomic E-state index is -0.344. The summed E-state index contributed by atoms with van der Waals surface area (Å²) in [6.45, 7) is 3.96. The molecule has 0 unspecified atom stereocenters. The van der Waals surface area contributed by atoms with Gasteiger partial charge >= 0.3 is 0 Å². The fourth-order valence-corrected chi connectivity index (χ4v) is 4.34. The van der Waals surface area contributed by atoms with E-state index in [1.54, 1.807) is 25.3 Å². The van der Waals surface area contributed by atoms with E-state index in [-0.39, 0.29) is 25.0 Å². The van der Waals surface area contributed by atoms with E-state index in [1.165, 1.54) is 23.8 Å². The van der Waals surface area contributed by atoms with Gasteiger partial charge < -0.3 is 14.6 Å². The first kappa shape index (κ1) is 21.9. The maximum Gasteiger partial charge on any atom is 0.268 e. The van der Waals surface area contributed by atoms with Crippen LogP contribution in [0.2, 0.25) is 0 Å². The number of methoxy groups -OCH3 is 2. The number of carbonyl (C=O) groups is 2. The summed E-state index contributed by atoms with van der Waals surface area (Å²) in [4.78, 5) is 28.1. The molecule has 1 aliphatic heterocycles. The number of thioether (sulfide) groups is 1. The van der Waals surface area contributed by atoms with Crippen molar-refractivity contribution in [3.8, 4) is 11.5 Å². The quantitative estimate of drug-likeness (QED) is 0.652. The van der Waals surface area contributed by atoms with Crippen LogP contribution in [0.25, 0.3) is 5.57 Å². The monoisotopic (exact) mass is 427 g/mol. The molecule has 0 spiro atoms. The van der Waals surface area contributed by atoms with Crippen LogP contribution in [0.4, 0.5) is 0 Å². The topological polar surface area (TPSA) is 76.1 Å². The van der Waals surface area contributed by atoms with Crippen LogP contribution in [-0.2, 0) is 16.1 Å². The lowest BCUT2D eigenvalue weighted by atomic mass is 9.99. The van der Waals surface area contributed by atoms with Crippen molar-refractivity contribution in [2.24, 2.45) is 0 Å². The van der Waals surface area contributed by atoms with Gasteiger partial charge in [-0.3, -0.25) is 14.5 Å². The molecular weight excluding hydrogens is 402 g/mol. The van der Waals surface area contributed by atoms with Crippen molar-refractivity contribution in [1.29, 1.82) is 0 Å². The number of benzene rings is 2. The van der Waals surface area contributed by atoms with Crippen molar-refractivity contribution >= 4 is 29.1 Å². The second-order valence-electron chi connectivity index (χ2n) is 6.98. The Kier molecular flexibility index (Phi) is 6.84. The zero-order valence-electron chi connectivity index (χ0n) is 17.5. The van der Waals surface area contributed by atoms with Gasteiger partial charge in [0.25, 0.3) is 11.8 Å². The predicted octanol–water partition coefficient (Wildman–Crippen LogP) is 3.33. The number of carbonyl (C=O) groups excluding carboxylic acids is 2. The molecule has 3 rings (SSSR count). The first-order chi connectivity index (χ1) is 14.4. The summed E-state index contributed by atoms with van der Waals surface area (Å²) in [5.41, 5.74) is 3.91. The van der Waals surface area contributed by atoms with E-state index in [9.17, 15) is 14.7 Å². The maximum atomic E-state index is 13.3. The molecule has 0 aromatic heterocycles. The Morgan fingerprint density at radius 3 is 2.33 bits per heavy atom. The molecule has 7 heteroatoms. The van der Waals surface area contributed by atoms with Gasteiger partial charge in [-0.25, -0.2) is 0 Å². The summed E-state index contributed by atoms with van der Waals surface area (Å²) in [5.74, 6) is 0.776. The van der Waals surface area contributed by atoms with Crippen molar-refractivity contribution < 1.29 is 24.2 Å². The molecule has 2 aromatic rings. The number of ether oxygens (including phenoxy) is 2. The number of aliphatic hydroxyl groups is 1. The number of hydrogen-bond acceptors (Lipinski definition) is 6. The molecule has 6 nitrogen and oxygen atoms in total. The van der Waals surface area contributed by atoms with Crippen LogP contribution in [0.15, 0.2) is 41.3 Å². The van der Waals surface area contributed by atoms with Gasteiger partial charge in [0, 0.05) is 5.75 Å². The third-order valence-electron chi connectivity index (χ3n) is 4.90. The van der Waals surface area contributed by atoms with Crippen molar-refractivity contribution in [3.63, 3.8) is 0 Å². The number of nitrogens with zero attached hydrogens (tertiary/aromatic N) is 1. The number of imide groups is 1.